The maximum atomic E-state index is 15.5. The van der Waals surface area contributed by atoms with Crippen LogP contribution in [0, 0.1) is 30.5 Å². The zero-order valence-corrected chi connectivity index (χ0v) is 25.0. The number of alkyl halides is 2. The van der Waals surface area contributed by atoms with Gasteiger partial charge >= 0.3 is 11.9 Å². The molecule has 0 spiro atoms. The number of thiazole rings is 1. The fourth-order valence-electron chi connectivity index (χ4n) is 6.68. The van der Waals surface area contributed by atoms with Gasteiger partial charge in [-0.3, -0.25) is 19.5 Å². The van der Waals surface area contributed by atoms with Gasteiger partial charge in [0, 0.05) is 48.9 Å². The van der Waals surface area contributed by atoms with Gasteiger partial charge in [-0.1, -0.05) is 12.1 Å². The van der Waals surface area contributed by atoms with Crippen LogP contribution in [0.15, 0.2) is 46.0 Å². The summed E-state index contributed by atoms with van der Waals surface area (Å²) >= 11 is 1.30. The van der Waals surface area contributed by atoms with E-state index in [-0.39, 0.29) is 50.6 Å². The SMILES string of the molecule is CCOC(=O)C1=C(CN2CC(F)(F)[C@@H]3CN(C(=O)C4CC(C(=O)O)C4)C[C@@H]32)NC(c2nccs2)=N[C@H]1c1cccc(F)c1C. The number of amides is 1. The van der Waals surface area contributed by atoms with Crippen molar-refractivity contribution in [2.45, 2.75) is 44.7 Å². The number of halogens is 3. The molecule has 44 heavy (non-hydrogen) atoms. The molecule has 10 nitrogen and oxygen atoms in total. The lowest BCUT2D eigenvalue weighted by Gasteiger charge is -2.35. The molecule has 1 saturated carbocycles. The second kappa shape index (κ2) is 11.6. The number of carboxylic acids is 1. The Morgan fingerprint density at radius 2 is 1.98 bits per heavy atom. The van der Waals surface area contributed by atoms with Crippen LogP contribution in [0.4, 0.5) is 13.2 Å². The van der Waals surface area contributed by atoms with E-state index in [2.05, 4.69) is 10.3 Å². The van der Waals surface area contributed by atoms with Crippen molar-refractivity contribution < 1.29 is 37.4 Å². The lowest BCUT2D eigenvalue weighted by atomic mass is 9.74. The number of nitrogens with one attached hydrogen (secondary N) is 1. The number of likely N-dealkylation sites (tertiary alicyclic amines) is 2. The Hall–Kier alpha value is -3.78. The topological polar surface area (TPSA) is 124 Å². The van der Waals surface area contributed by atoms with E-state index in [1.165, 1.54) is 28.4 Å². The standard InChI is InChI=1S/C30H32F3N5O5S/c1-3-43-29(42)23-21(35-25(26-34-7-8-44-26)36-24(23)18-5-4-6-20(31)15(18)2)12-38-14-30(32,33)19-11-37(13-22(19)38)27(39)16-9-17(10-16)28(40)41/h4-8,16-17,19,22,24H,3,9-14H2,1-2H3,(H,35,36)(H,40,41)/t16?,17?,19-,22+,24+/m1/s1. The first kappa shape index (κ1) is 30.3. The smallest absolute Gasteiger partial charge is 0.338 e. The van der Waals surface area contributed by atoms with Crippen LogP contribution in [0.2, 0.25) is 0 Å². The largest absolute Gasteiger partial charge is 0.481 e. The van der Waals surface area contributed by atoms with E-state index in [0.29, 0.717) is 27.7 Å². The van der Waals surface area contributed by atoms with Crippen LogP contribution in [-0.2, 0) is 19.1 Å². The molecule has 4 aliphatic rings. The first-order valence-electron chi connectivity index (χ1n) is 14.5. The van der Waals surface area contributed by atoms with E-state index in [9.17, 15) is 23.9 Å². The summed E-state index contributed by atoms with van der Waals surface area (Å²) in [7, 11) is 0. The number of nitrogens with zero attached hydrogens (tertiary/aromatic N) is 4. The first-order valence-corrected chi connectivity index (χ1v) is 15.4. The molecule has 1 aromatic heterocycles. The van der Waals surface area contributed by atoms with Crippen molar-refractivity contribution >= 4 is 35.0 Å². The zero-order valence-electron chi connectivity index (χ0n) is 24.1. The summed E-state index contributed by atoms with van der Waals surface area (Å²) in [6.45, 7) is 2.55. The second-order valence-corrected chi connectivity index (χ2v) is 12.6. The lowest BCUT2D eigenvalue weighted by Crippen LogP contribution is -2.46. The normalized spacial score (nSPS) is 27.8. The molecule has 0 unspecified atom stereocenters. The number of benzene rings is 1. The van der Waals surface area contributed by atoms with Crippen molar-refractivity contribution in [2.24, 2.45) is 22.7 Å². The van der Waals surface area contributed by atoms with E-state index < -0.39 is 60.1 Å². The average Bonchev–Trinajstić information content (AvgIpc) is 3.68. The molecular weight excluding hydrogens is 599 g/mol. The summed E-state index contributed by atoms with van der Waals surface area (Å²) in [4.78, 5) is 49.9. The molecule has 14 heteroatoms. The lowest BCUT2D eigenvalue weighted by molar-refractivity contribution is -0.151. The summed E-state index contributed by atoms with van der Waals surface area (Å²) in [6.07, 6.45) is 2.01. The number of fused-ring (bicyclic) bond motifs is 1. The highest BCUT2D eigenvalue weighted by Crippen LogP contribution is 2.45. The van der Waals surface area contributed by atoms with E-state index >= 15 is 8.78 Å². The van der Waals surface area contributed by atoms with E-state index in [4.69, 9.17) is 9.73 Å². The summed E-state index contributed by atoms with van der Waals surface area (Å²) in [5, 5.41) is 14.6. The van der Waals surface area contributed by atoms with Crippen LogP contribution in [0.3, 0.4) is 0 Å². The van der Waals surface area contributed by atoms with Crippen LogP contribution in [0.1, 0.15) is 41.9 Å². The Morgan fingerprint density at radius 1 is 1.20 bits per heavy atom. The van der Waals surface area contributed by atoms with Crippen molar-refractivity contribution in [3.8, 4) is 0 Å². The number of aliphatic imine (C=N–C) groups is 1. The van der Waals surface area contributed by atoms with Crippen molar-refractivity contribution in [3.05, 3.63) is 63.0 Å². The van der Waals surface area contributed by atoms with Crippen LogP contribution in [0.25, 0.3) is 0 Å². The number of hydrogen-bond donors (Lipinski definition) is 2. The highest BCUT2D eigenvalue weighted by molar-refractivity contribution is 7.11. The molecule has 1 aromatic carbocycles. The van der Waals surface area contributed by atoms with Crippen molar-refractivity contribution in [1.82, 2.24) is 20.1 Å². The number of amidine groups is 1. The summed E-state index contributed by atoms with van der Waals surface area (Å²) < 4.78 is 51.0. The Kier molecular flexibility index (Phi) is 7.99. The Balaban J connectivity index is 1.33. The van der Waals surface area contributed by atoms with Crippen molar-refractivity contribution in [1.29, 1.82) is 0 Å². The predicted molar refractivity (Wildman–Crippen MR) is 154 cm³/mol. The highest BCUT2D eigenvalue weighted by atomic mass is 32.1. The van der Waals surface area contributed by atoms with Gasteiger partial charge in [-0.2, -0.15) is 0 Å². The molecule has 6 rings (SSSR count). The number of carbonyl (C=O) groups is 3. The minimum Gasteiger partial charge on any atom is -0.481 e. The maximum Gasteiger partial charge on any atom is 0.338 e. The molecule has 3 fully saturated rings. The molecule has 0 bridgehead atoms. The predicted octanol–water partition coefficient (Wildman–Crippen LogP) is 3.39. The molecule has 3 atom stereocenters. The Labute approximate surface area is 255 Å². The number of aromatic nitrogens is 1. The molecule has 2 aromatic rings. The van der Waals surface area contributed by atoms with Crippen LogP contribution in [-0.4, -0.2) is 88.3 Å². The second-order valence-electron chi connectivity index (χ2n) is 11.7. The average molecular weight is 632 g/mol. The molecule has 1 aliphatic carbocycles. The Morgan fingerprint density at radius 3 is 2.66 bits per heavy atom. The fourth-order valence-corrected chi connectivity index (χ4v) is 7.26. The van der Waals surface area contributed by atoms with Crippen molar-refractivity contribution in [2.75, 3.05) is 32.8 Å². The highest BCUT2D eigenvalue weighted by Gasteiger charge is 2.59. The number of carboxylic acid groups (broad SMARTS) is 1. The van der Waals surface area contributed by atoms with Crippen LogP contribution >= 0.6 is 11.3 Å². The number of hydrogen-bond acceptors (Lipinski definition) is 9. The third-order valence-electron chi connectivity index (χ3n) is 9.08. The van der Waals surface area contributed by atoms with Crippen LogP contribution in [0.5, 0.6) is 0 Å². The molecule has 0 radical (unpaired) electrons. The van der Waals surface area contributed by atoms with E-state index in [1.54, 1.807) is 36.4 Å². The van der Waals surface area contributed by atoms with Gasteiger partial charge in [-0.15, -0.1) is 11.3 Å². The number of aliphatic carboxylic acids is 1. The maximum absolute atomic E-state index is 15.5. The fraction of sp³-hybridized carbons (Fsp3) is 0.500. The molecule has 1 amide bonds. The molecule has 2 N–H and O–H groups in total. The van der Waals surface area contributed by atoms with E-state index in [0.717, 1.165) is 0 Å². The van der Waals surface area contributed by atoms with Crippen molar-refractivity contribution in [3.63, 3.8) is 0 Å². The molecule has 4 heterocycles. The molecule has 3 aliphatic heterocycles. The molecule has 2 saturated heterocycles. The summed E-state index contributed by atoms with van der Waals surface area (Å²) in [5.74, 6) is -7.40. The monoisotopic (exact) mass is 631 g/mol. The van der Waals surface area contributed by atoms with Gasteiger partial charge in [0.15, 0.2) is 10.8 Å². The quantitative estimate of drug-likeness (QED) is 0.425. The molecule has 234 valence electrons. The van der Waals surface area contributed by atoms with Gasteiger partial charge in [-0.25, -0.2) is 22.9 Å². The van der Waals surface area contributed by atoms with Gasteiger partial charge in [0.1, 0.15) is 11.9 Å². The van der Waals surface area contributed by atoms with Gasteiger partial charge in [-0.05, 0) is 43.9 Å². The van der Waals surface area contributed by atoms with Gasteiger partial charge in [0.25, 0.3) is 5.92 Å². The van der Waals surface area contributed by atoms with E-state index in [1.807, 2.05) is 0 Å². The zero-order chi connectivity index (χ0) is 31.3. The summed E-state index contributed by atoms with van der Waals surface area (Å²) in [5.41, 5.74) is 1.11. The number of ether oxygens (including phenoxy) is 1. The molecular formula is C30H32F3N5O5S. The first-order chi connectivity index (χ1) is 21.0. The van der Waals surface area contributed by atoms with Gasteiger partial charge < -0.3 is 20.1 Å². The minimum absolute atomic E-state index is 0.0565. The minimum atomic E-state index is -3.10. The number of rotatable bonds is 8. The van der Waals surface area contributed by atoms with Gasteiger partial charge in [0.05, 0.1) is 30.6 Å². The third kappa shape index (κ3) is 5.38. The van der Waals surface area contributed by atoms with Gasteiger partial charge in [0.2, 0.25) is 5.91 Å². The van der Waals surface area contributed by atoms with Crippen LogP contribution < -0.4 is 5.32 Å². The number of carbonyl (C=O) groups excluding carboxylic acids is 2. The summed E-state index contributed by atoms with van der Waals surface area (Å²) in [6, 6.07) is 2.83. The third-order valence-corrected chi connectivity index (χ3v) is 9.86. The number of esters is 1. The Bertz CT molecular complexity index is 1540.